The molecule has 0 fully saturated rings. The summed E-state index contributed by atoms with van der Waals surface area (Å²) in [4.78, 5) is 0. The molecule has 0 amide bonds. The van der Waals surface area contributed by atoms with Gasteiger partial charge in [-0.1, -0.05) is 121 Å². The van der Waals surface area contributed by atoms with Crippen molar-refractivity contribution < 1.29 is 63.2 Å². The van der Waals surface area contributed by atoms with E-state index in [9.17, 15) is 22.5 Å². The molecule has 19 heteroatoms. The van der Waals surface area contributed by atoms with Crippen LogP contribution in [0.2, 0.25) is 10.0 Å². The van der Waals surface area contributed by atoms with Gasteiger partial charge < -0.3 is 13.6 Å². The van der Waals surface area contributed by atoms with Crippen molar-refractivity contribution in [3.63, 3.8) is 0 Å². The second-order valence-electron chi connectivity index (χ2n) is 13.2. The fourth-order valence-electron chi connectivity index (χ4n) is 4.16. The second kappa shape index (κ2) is 33.5. The summed E-state index contributed by atoms with van der Waals surface area (Å²) >= 11 is 11.8. The van der Waals surface area contributed by atoms with Crippen LogP contribution >= 0.6 is 46.7 Å². The summed E-state index contributed by atoms with van der Waals surface area (Å²) in [5.41, 5.74) is 0. The van der Waals surface area contributed by atoms with Crippen molar-refractivity contribution >= 4 is 46.7 Å². The Morgan fingerprint density at radius 2 is 0.852 bits per heavy atom. The average molecular weight is 964 g/mol. The number of hydrogen-bond acceptors (Lipinski definition) is 12. The minimum Gasteiger partial charge on any atom is -0.404 e. The van der Waals surface area contributed by atoms with Crippen LogP contribution in [0.3, 0.4) is 0 Å². The van der Waals surface area contributed by atoms with Crippen molar-refractivity contribution in [1.82, 2.24) is 0 Å². The van der Waals surface area contributed by atoms with Crippen LogP contribution in [0, 0.1) is 11.6 Å². The van der Waals surface area contributed by atoms with Gasteiger partial charge in [0.25, 0.3) is 0 Å². The van der Waals surface area contributed by atoms with Gasteiger partial charge in [-0.15, -0.1) is 0 Å². The standard InChI is InChI=1S/C14H21Cl2O4P.2C14H22FO4P/c1-3-5-9-18-21(17,19-10-6-4-2)20-14-8-7-12(15)11-13(14)16;1-3-5-11-17-20(16,18-12-6-4-2)19-14-10-8-7-9-13(14)15;1-3-5-10-17-20(16,18-11-6-4-2)19-14-9-7-8-13(15)12-14/h7-8,11H,3-6,9-10H2,1-2H3;7-10H,3-6,11-12H2,1-2H3;7-9,12H,3-6,10-11H2,1-2H3. The molecule has 0 aliphatic carbocycles. The summed E-state index contributed by atoms with van der Waals surface area (Å²) in [6.07, 6.45) is 10.0. The third-order valence-corrected chi connectivity index (χ3v) is 12.4. The molecular weight excluding hydrogens is 898 g/mol. The highest BCUT2D eigenvalue weighted by Crippen LogP contribution is 2.52. The summed E-state index contributed by atoms with van der Waals surface area (Å²) in [6, 6.07) is 15.9. The Bertz CT molecular complexity index is 1720. The van der Waals surface area contributed by atoms with Crippen molar-refractivity contribution in [2.45, 2.75) is 119 Å². The molecule has 0 saturated carbocycles. The minimum absolute atomic E-state index is 0.121. The Balaban J connectivity index is 0.000000458. The number of para-hydroxylation sites is 1. The van der Waals surface area contributed by atoms with Gasteiger partial charge in [-0.2, -0.15) is 0 Å². The number of benzene rings is 3. The van der Waals surface area contributed by atoms with Crippen LogP contribution < -0.4 is 13.6 Å². The first-order valence-electron chi connectivity index (χ1n) is 20.9. The fraction of sp³-hybridized carbons (Fsp3) is 0.571. The zero-order chi connectivity index (χ0) is 45.4. The molecule has 0 N–H and O–H groups in total. The molecule has 0 atom stereocenters. The number of unbranched alkanes of at least 4 members (excludes halogenated alkanes) is 6. The summed E-state index contributed by atoms with van der Waals surface area (Å²) in [6.45, 7) is 13.7. The molecule has 0 radical (unpaired) electrons. The summed E-state index contributed by atoms with van der Waals surface area (Å²) < 4.78 is 112. The van der Waals surface area contributed by atoms with E-state index < -0.39 is 35.1 Å². The van der Waals surface area contributed by atoms with E-state index in [0.717, 1.165) is 83.1 Å². The topological polar surface area (TPSA) is 134 Å². The molecule has 0 aliphatic heterocycles. The maximum atomic E-state index is 13.5. The zero-order valence-electron chi connectivity index (χ0n) is 36.3. The first-order valence-corrected chi connectivity index (χ1v) is 26.1. The lowest BCUT2D eigenvalue weighted by Crippen LogP contribution is -2.05. The number of halogens is 4. The van der Waals surface area contributed by atoms with Gasteiger partial charge in [0.05, 0.1) is 44.7 Å². The third kappa shape index (κ3) is 26.4. The maximum Gasteiger partial charge on any atom is 0.530 e. The molecular formula is C42H65Cl2F2O12P3. The highest BCUT2D eigenvalue weighted by atomic mass is 35.5. The van der Waals surface area contributed by atoms with Crippen molar-refractivity contribution in [3.8, 4) is 17.2 Å². The Kier molecular flexibility index (Phi) is 31.2. The Morgan fingerprint density at radius 1 is 0.459 bits per heavy atom. The van der Waals surface area contributed by atoms with Crippen molar-refractivity contribution in [3.05, 3.63) is 88.4 Å². The van der Waals surface area contributed by atoms with E-state index in [0.29, 0.717) is 18.2 Å². The molecule has 0 aromatic heterocycles. The largest absolute Gasteiger partial charge is 0.530 e. The lowest BCUT2D eigenvalue weighted by Gasteiger charge is -2.19. The molecule has 12 nitrogen and oxygen atoms in total. The van der Waals surface area contributed by atoms with Crippen molar-refractivity contribution in [2.75, 3.05) is 39.6 Å². The molecule has 3 aromatic rings. The van der Waals surface area contributed by atoms with E-state index >= 15 is 0 Å². The van der Waals surface area contributed by atoms with Gasteiger partial charge in [-0.25, -0.2) is 22.5 Å². The van der Waals surface area contributed by atoms with Crippen molar-refractivity contribution in [2.24, 2.45) is 0 Å². The molecule has 0 bridgehead atoms. The van der Waals surface area contributed by atoms with Crippen LogP contribution in [-0.4, -0.2) is 39.6 Å². The van der Waals surface area contributed by atoms with E-state index in [4.69, 9.17) is 63.9 Å². The third-order valence-electron chi connectivity index (χ3n) is 7.65. The van der Waals surface area contributed by atoms with Crippen LogP contribution in [0.4, 0.5) is 8.78 Å². The number of rotatable bonds is 30. The number of phosphoric ester groups is 3. The highest BCUT2D eigenvalue weighted by Gasteiger charge is 2.31. The Hall–Kier alpha value is -2.05. The predicted molar refractivity (Wildman–Crippen MR) is 239 cm³/mol. The van der Waals surface area contributed by atoms with Gasteiger partial charge in [-0.05, 0) is 81.0 Å². The fourth-order valence-corrected chi connectivity index (χ4v) is 8.47. The van der Waals surface area contributed by atoms with Crippen LogP contribution in [0.1, 0.15) is 119 Å². The van der Waals surface area contributed by atoms with Crippen molar-refractivity contribution in [1.29, 1.82) is 0 Å². The van der Waals surface area contributed by atoms with E-state index in [-0.39, 0.29) is 48.7 Å². The summed E-state index contributed by atoms with van der Waals surface area (Å²) in [5.74, 6) is -0.801. The monoisotopic (exact) mass is 962 g/mol. The molecule has 0 unspecified atom stereocenters. The number of hydrogen-bond donors (Lipinski definition) is 0. The number of phosphoric acid groups is 3. The minimum atomic E-state index is -3.77. The molecule has 0 heterocycles. The van der Waals surface area contributed by atoms with Crippen LogP contribution in [0.25, 0.3) is 0 Å². The SMILES string of the molecule is CCCCOP(=O)(OCCCC)Oc1ccc(Cl)cc1Cl.CCCCOP(=O)(OCCCC)Oc1cccc(F)c1.CCCCOP(=O)(OCCCC)Oc1ccccc1F. The summed E-state index contributed by atoms with van der Waals surface area (Å²) in [7, 11) is -11.1. The van der Waals surface area contributed by atoms with Gasteiger partial charge in [-0.3, -0.25) is 27.1 Å². The molecule has 0 spiro atoms. The molecule has 348 valence electrons. The predicted octanol–water partition coefficient (Wildman–Crippen LogP) is 16.0. The smallest absolute Gasteiger partial charge is 0.404 e. The van der Waals surface area contributed by atoms with Gasteiger partial charge in [0.15, 0.2) is 11.6 Å². The Morgan fingerprint density at radius 3 is 1.23 bits per heavy atom. The average Bonchev–Trinajstić information content (AvgIpc) is 3.21. The van der Waals surface area contributed by atoms with E-state index in [1.54, 1.807) is 18.2 Å². The van der Waals surface area contributed by atoms with Gasteiger partial charge in [0.2, 0.25) is 0 Å². The van der Waals surface area contributed by atoms with E-state index in [1.807, 2.05) is 41.5 Å². The molecule has 0 aliphatic rings. The van der Waals surface area contributed by atoms with Gasteiger partial charge in [0.1, 0.15) is 17.3 Å². The summed E-state index contributed by atoms with van der Waals surface area (Å²) in [5, 5.41) is 0.738. The van der Waals surface area contributed by atoms with E-state index in [1.165, 1.54) is 42.5 Å². The first kappa shape index (κ1) is 57.0. The van der Waals surface area contributed by atoms with Crippen LogP contribution in [0.15, 0.2) is 66.7 Å². The quantitative estimate of drug-likeness (QED) is 0.0465. The maximum absolute atomic E-state index is 13.5. The normalized spacial score (nSPS) is 11.6. The molecule has 3 rings (SSSR count). The molecule has 61 heavy (non-hydrogen) atoms. The Labute approximate surface area is 372 Å². The second-order valence-corrected chi connectivity index (χ2v) is 18.8. The van der Waals surface area contributed by atoms with Crippen LogP contribution in [-0.2, 0) is 40.8 Å². The lowest BCUT2D eigenvalue weighted by molar-refractivity contribution is 0.150. The zero-order valence-corrected chi connectivity index (χ0v) is 40.5. The highest BCUT2D eigenvalue weighted by molar-refractivity contribution is 7.49. The van der Waals surface area contributed by atoms with Crippen LogP contribution in [0.5, 0.6) is 17.2 Å². The van der Waals surface area contributed by atoms with E-state index in [2.05, 4.69) is 0 Å². The molecule has 3 aromatic carbocycles. The first-order chi connectivity index (χ1) is 29.2. The molecule has 0 saturated heterocycles. The lowest BCUT2D eigenvalue weighted by atomic mass is 10.3. The van der Waals surface area contributed by atoms with Gasteiger partial charge >= 0.3 is 23.5 Å². The van der Waals surface area contributed by atoms with Gasteiger partial charge in [0, 0.05) is 11.1 Å².